The van der Waals surface area contributed by atoms with Gasteiger partial charge in [-0.2, -0.15) is 0 Å². The molecule has 2 heterocycles. The molecule has 0 N–H and O–H groups in total. The standard InChI is InChI=1S/C20H19ClN2O/c21-18-6-8-19(9-7-18)22-11-10-17(15-22)20-23(12-13-24-20)14-16-4-2-1-3-5-16/h1-11,15,20H,12-14H2/t20-/m1/s1. The zero-order chi connectivity index (χ0) is 16.4. The van der Waals surface area contributed by atoms with Crippen LogP contribution in [0.15, 0.2) is 73.1 Å². The van der Waals surface area contributed by atoms with E-state index in [1.165, 1.54) is 11.1 Å². The zero-order valence-electron chi connectivity index (χ0n) is 13.3. The van der Waals surface area contributed by atoms with Gasteiger partial charge < -0.3 is 9.30 Å². The molecule has 0 bridgehead atoms. The number of hydrogen-bond acceptors (Lipinski definition) is 2. The lowest BCUT2D eigenvalue weighted by Crippen LogP contribution is -2.23. The van der Waals surface area contributed by atoms with E-state index in [4.69, 9.17) is 16.3 Å². The summed E-state index contributed by atoms with van der Waals surface area (Å²) in [5, 5.41) is 0.749. The van der Waals surface area contributed by atoms with Crippen LogP contribution >= 0.6 is 11.6 Å². The second-order valence-corrected chi connectivity index (χ2v) is 6.44. The SMILES string of the molecule is Clc1ccc(-n2ccc([C@H]3OCCN3Cc3ccccc3)c2)cc1. The van der Waals surface area contributed by atoms with Gasteiger partial charge in [0.05, 0.1) is 6.61 Å². The summed E-state index contributed by atoms with van der Waals surface area (Å²) in [6.45, 7) is 2.62. The molecule has 0 saturated carbocycles. The molecule has 1 saturated heterocycles. The lowest BCUT2D eigenvalue weighted by Gasteiger charge is -2.22. The summed E-state index contributed by atoms with van der Waals surface area (Å²) in [4.78, 5) is 2.37. The highest BCUT2D eigenvalue weighted by Crippen LogP contribution is 2.29. The van der Waals surface area contributed by atoms with Crippen LogP contribution < -0.4 is 0 Å². The number of nitrogens with zero attached hydrogens (tertiary/aromatic N) is 2. The number of hydrogen-bond donors (Lipinski definition) is 0. The molecule has 3 nitrogen and oxygen atoms in total. The van der Waals surface area contributed by atoms with Gasteiger partial charge in [0.2, 0.25) is 0 Å². The van der Waals surface area contributed by atoms with Crippen LogP contribution in [0.1, 0.15) is 17.4 Å². The fourth-order valence-corrected chi connectivity index (χ4v) is 3.25. The molecule has 4 rings (SSSR count). The summed E-state index contributed by atoms with van der Waals surface area (Å²) in [5.74, 6) is 0. The minimum Gasteiger partial charge on any atom is -0.357 e. The maximum absolute atomic E-state index is 5.98. The van der Waals surface area contributed by atoms with Crippen LogP contribution in [-0.2, 0) is 11.3 Å². The van der Waals surface area contributed by atoms with E-state index in [2.05, 4.69) is 52.2 Å². The fraction of sp³-hybridized carbons (Fsp3) is 0.200. The van der Waals surface area contributed by atoms with Crippen molar-refractivity contribution in [3.8, 4) is 5.69 Å². The summed E-state index contributed by atoms with van der Waals surface area (Å²) >= 11 is 5.97. The van der Waals surface area contributed by atoms with Gasteiger partial charge in [0.1, 0.15) is 6.23 Å². The molecule has 4 heteroatoms. The van der Waals surface area contributed by atoms with Gasteiger partial charge >= 0.3 is 0 Å². The lowest BCUT2D eigenvalue weighted by molar-refractivity contribution is 0.0288. The average Bonchev–Trinajstić information content (AvgIpc) is 3.25. The Hall–Kier alpha value is -2.07. The van der Waals surface area contributed by atoms with Crippen LogP contribution in [0.25, 0.3) is 5.69 Å². The van der Waals surface area contributed by atoms with E-state index in [0.29, 0.717) is 0 Å². The summed E-state index contributed by atoms with van der Waals surface area (Å²) < 4.78 is 8.09. The molecule has 24 heavy (non-hydrogen) atoms. The van der Waals surface area contributed by atoms with Gasteiger partial charge in [0, 0.05) is 41.8 Å². The van der Waals surface area contributed by atoms with Crippen LogP contribution in [0.2, 0.25) is 5.02 Å². The molecule has 122 valence electrons. The predicted molar refractivity (Wildman–Crippen MR) is 96.3 cm³/mol. The van der Waals surface area contributed by atoms with E-state index in [-0.39, 0.29) is 6.23 Å². The molecule has 1 aliphatic heterocycles. The van der Waals surface area contributed by atoms with Gasteiger partial charge in [-0.15, -0.1) is 0 Å². The number of rotatable bonds is 4. The Morgan fingerprint density at radius 3 is 2.58 bits per heavy atom. The van der Waals surface area contributed by atoms with Gasteiger partial charge in [-0.05, 0) is 35.9 Å². The average molecular weight is 339 g/mol. The maximum Gasteiger partial charge on any atom is 0.138 e. The van der Waals surface area contributed by atoms with Crippen molar-refractivity contribution in [3.05, 3.63) is 89.2 Å². The highest BCUT2D eigenvalue weighted by atomic mass is 35.5. The largest absolute Gasteiger partial charge is 0.357 e. The predicted octanol–water partition coefficient (Wildman–Crippen LogP) is 4.66. The van der Waals surface area contributed by atoms with Gasteiger partial charge in [-0.1, -0.05) is 41.9 Å². The van der Waals surface area contributed by atoms with Crippen LogP contribution in [0, 0.1) is 0 Å². The number of aromatic nitrogens is 1. The quantitative estimate of drug-likeness (QED) is 0.688. The molecule has 0 spiro atoms. The Kier molecular flexibility index (Phi) is 4.39. The van der Waals surface area contributed by atoms with Crippen molar-refractivity contribution >= 4 is 11.6 Å². The molecule has 0 unspecified atom stereocenters. The molecule has 0 radical (unpaired) electrons. The first-order valence-corrected chi connectivity index (χ1v) is 8.51. The van der Waals surface area contributed by atoms with Crippen LogP contribution in [0.3, 0.4) is 0 Å². The molecule has 1 aromatic heterocycles. The maximum atomic E-state index is 5.98. The van der Waals surface area contributed by atoms with Crippen LogP contribution in [-0.4, -0.2) is 22.6 Å². The van der Waals surface area contributed by atoms with E-state index in [9.17, 15) is 0 Å². The highest BCUT2D eigenvalue weighted by Gasteiger charge is 2.27. The first kappa shape index (κ1) is 15.5. The van der Waals surface area contributed by atoms with Gasteiger partial charge in [0.15, 0.2) is 0 Å². The third-order valence-corrected chi connectivity index (χ3v) is 4.59. The first-order chi connectivity index (χ1) is 11.8. The Labute approximate surface area is 147 Å². The molecule has 3 aromatic rings. The summed E-state index contributed by atoms with van der Waals surface area (Å²) in [5.41, 5.74) is 3.58. The minimum atomic E-state index is 0.0127. The van der Waals surface area contributed by atoms with E-state index in [0.717, 1.165) is 30.4 Å². The van der Waals surface area contributed by atoms with Crippen molar-refractivity contribution in [2.75, 3.05) is 13.2 Å². The van der Waals surface area contributed by atoms with Crippen LogP contribution in [0.5, 0.6) is 0 Å². The zero-order valence-corrected chi connectivity index (χ0v) is 14.1. The van der Waals surface area contributed by atoms with E-state index in [1.54, 1.807) is 0 Å². The highest BCUT2D eigenvalue weighted by molar-refractivity contribution is 6.30. The summed E-state index contributed by atoms with van der Waals surface area (Å²) in [6, 6.07) is 20.5. The molecule has 0 aliphatic carbocycles. The summed E-state index contributed by atoms with van der Waals surface area (Å²) in [7, 11) is 0. The molecule has 1 atom stereocenters. The Balaban J connectivity index is 1.53. The van der Waals surface area contributed by atoms with Crippen LogP contribution in [0.4, 0.5) is 0 Å². The second kappa shape index (κ2) is 6.81. The first-order valence-electron chi connectivity index (χ1n) is 8.13. The molecular weight excluding hydrogens is 320 g/mol. The van der Waals surface area contributed by atoms with Gasteiger partial charge in [0.25, 0.3) is 0 Å². The van der Waals surface area contributed by atoms with E-state index in [1.807, 2.05) is 30.3 Å². The summed E-state index contributed by atoms with van der Waals surface area (Å²) in [6.07, 6.45) is 4.22. The Bertz CT molecular complexity index is 798. The van der Waals surface area contributed by atoms with Crippen molar-refractivity contribution in [1.82, 2.24) is 9.47 Å². The number of halogens is 1. The monoisotopic (exact) mass is 338 g/mol. The third kappa shape index (κ3) is 3.24. The molecule has 0 amide bonds. The second-order valence-electron chi connectivity index (χ2n) is 6.01. The number of benzene rings is 2. The molecule has 1 fully saturated rings. The normalized spacial score (nSPS) is 18.1. The topological polar surface area (TPSA) is 17.4 Å². The lowest BCUT2D eigenvalue weighted by atomic mass is 10.2. The molecule has 2 aromatic carbocycles. The Morgan fingerprint density at radius 1 is 1.00 bits per heavy atom. The van der Waals surface area contributed by atoms with Gasteiger partial charge in [-0.3, -0.25) is 4.90 Å². The third-order valence-electron chi connectivity index (χ3n) is 4.34. The van der Waals surface area contributed by atoms with Gasteiger partial charge in [-0.25, -0.2) is 0 Å². The van der Waals surface area contributed by atoms with Crippen molar-refractivity contribution in [2.24, 2.45) is 0 Å². The Morgan fingerprint density at radius 2 is 1.79 bits per heavy atom. The van der Waals surface area contributed by atoms with Crippen molar-refractivity contribution in [3.63, 3.8) is 0 Å². The smallest absolute Gasteiger partial charge is 0.138 e. The minimum absolute atomic E-state index is 0.0127. The molecule has 1 aliphatic rings. The fourth-order valence-electron chi connectivity index (χ4n) is 3.12. The number of ether oxygens (including phenoxy) is 1. The van der Waals surface area contributed by atoms with E-state index < -0.39 is 0 Å². The van der Waals surface area contributed by atoms with E-state index >= 15 is 0 Å². The van der Waals surface area contributed by atoms with Crippen molar-refractivity contribution in [1.29, 1.82) is 0 Å². The molecular formula is C20H19ClN2O. The van der Waals surface area contributed by atoms with Crippen molar-refractivity contribution in [2.45, 2.75) is 12.8 Å². The van der Waals surface area contributed by atoms with Crippen molar-refractivity contribution < 1.29 is 4.74 Å².